The van der Waals surface area contributed by atoms with Crippen molar-refractivity contribution in [3.8, 4) is 0 Å². The fourth-order valence-electron chi connectivity index (χ4n) is 3.71. The second kappa shape index (κ2) is 6.12. The highest BCUT2D eigenvalue weighted by Gasteiger charge is 2.42. The molecule has 5 nitrogen and oxygen atoms in total. The highest BCUT2D eigenvalue weighted by Crippen LogP contribution is 2.36. The molecule has 0 radical (unpaired) electrons. The lowest BCUT2D eigenvalue weighted by Crippen LogP contribution is -2.50. The molecule has 5 atom stereocenters. The SMILES string of the molecule is CC1C[C@H](C(=O)NC2CCN(C)CC2C)[C@H](C(=O)O)C1. The van der Waals surface area contributed by atoms with Crippen LogP contribution in [0.15, 0.2) is 0 Å². The summed E-state index contributed by atoms with van der Waals surface area (Å²) < 4.78 is 0. The quantitative estimate of drug-likeness (QED) is 0.816. The lowest BCUT2D eigenvalue weighted by Gasteiger charge is -2.36. The van der Waals surface area contributed by atoms with Crippen LogP contribution in [0.3, 0.4) is 0 Å². The van der Waals surface area contributed by atoms with Crippen molar-refractivity contribution in [3.63, 3.8) is 0 Å². The Morgan fingerprint density at radius 3 is 2.45 bits per heavy atom. The average molecular weight is 282 g/mol. The van der Waals surface area contributed by atoms with Gasteiger partial charge in [0.2, 0.25) is 5.91 Å². The summed E-state index contributed by atoms with van der Waals surface area (Å²) >= 11 is 0. The van der Waals surface area contributed by atoms with Gasteiger partial charge in [0.1, 0.15) is 0 Å². The average Bonchev–Trinajstić information content (AvgIpc) is 2.75. The van der Waals surface area contributed by atoms with Gasteiger partial charge in [0, 0.05) is 12.6 Å². The molecular formula is C15H26N2O3. The Balaban J connectivity index is 1.95. The van der Waals surface area contributed by atoms with E-state index in [1.807, 2.05) is 6.92 Å². The molecule has 1 aliphatic heterocycles. The first-order valence-electron chi connectivity index (χ1n) is 7.60. The Kier molecular flexibility index (Phi) is 4.68. The third-order valence-corrected chi connectivity index (χ3v) is 4.89. The lowest BCUT2D eigenvalue weighted by molar-refractivity contribution is -0.146. The van der Waals surface area contributed by atoms with Crippen LogP contribution < -0.4 is 5.32 Å². The van der Waals surface area contributed by atoms with E-state index < -0.39 is 11.9 Å². The van der Waals surface area contributed by atoms with Crippen LogP contribution in [-0.2, 0) is 9.59 Å². The maximum Gasteiger partial charge on any atom is 0.307 e. The summed E-state index contributed by atoms with van der Waals surface area (Å²) in [6, 6.07) is 0.184. The van der Waals surface area contributed by atoms with Crippen molar-refractivity contribution in [3.05, 3.63) is 0 Å². The molecule has 1 aliphatic carbocycles. The van der Waals surface area contributed by atoms with Gasteiger partial charge in [-0.1, -0.05) is 13.8 Å². The lowest BCUT2D eigenvalue weighted by atomic mass is 9.91. The normalized spacial score (nSPS) is 38.6. The number of piperidine rings is 1. The summed E-state index contributed by atoms with van der Waals surface area (Å²) in [5, 5.41) is 12.4. The first-order valence-corrected chi connectivity index (χ1v) is 7.60. The predicted molar refractivity (Wildman–Crippen MR) is 76.2 cm³/mol. The van der Waals surface area contributed by atoms with E-state index >= 15 is 0 Å². The molecular weight excluding hydrogens is 256 g/mol. The minimum absolute atomic E-state index is 0.0526. The summed E-state index contributed by atoms with van der Waals surface area (Å²) in [4.78, 5) is 26.0. The van der Waals surface area contributed by atoms with Gasteiger partial charge in [0.15, 0.2) is 0 Å². The number of aliphatic carboxylic acids is 1. The topological polar surface area (TPSA) is 69.6 Å². The molecule has 114 valence electrons. The molecule has 1 saturated heterocycles. The summed E-state index contributed by atoms with van der Waals surface area (Å²) in [6.07, 6.45) is 2.27. The second-order valence-corrected chi connectivity index (χ2v) is 6.77. The van der Waals surface area contributed by atoms with Gasteiger partial charge >= 0.3 is 5.97 Å². The zero-order valence-electron chi connectivity index (χ0n) is 12.6. The molecule has 0 aromatic carbocycles. The Hall–Kier alpha value is -1.10. The van der Waals surface area contributed by atoms with Crippen molar-refractivity contribution in [2.45, 2.75) is 39.2 Å². The van der Waals surface area contributed by atoms with Crippen molar-refractivity contribution in [1.29, 1.82) is 0 Å². The third-order valence-electron chi connectivity index (χ3n) is 4.89. The number of nitrogens with zero attached hydrogens (tertiary/aromatic N) is 1. The molecule has 0 aromatic rings. The molecule has 0 bridgehead atoms. The van der Waals surface area contributed by atoms with E-state index in [1.54, 1.807) is 0 Å². The van der Waals surface area contributed by atoms with Crippen LogP contribution in [0, 0.1) is 23.7 Å². The molecule has 5 heteroatoms. The maximum atomic E-state index is 12.4. The number of amides is 1. The smallest absolute Gasteiger partial charge is 0.307 e. The first kappa shape index (κ1) is 15.3. The molecule has 2 rings (SSSR count). The fraction of sp³-hybridized carbons (Fsp3) is 0.867. The van der Waals surface area contributed by atoms with Gasteiger partial charge in [0.05, 0.1) is 11.8 Å². The standard InChI is InChI=1S/C15H26N2O3/c1-9-6-11(12(7-9)15(19)20)14(18)16-13-4-5-17(3)8-10(13)2/h9-13H,4-8H2,1-3H3,(H,16,18)(H,19,20)/t9?,10?,11-,12+,13?/m0/s1. The number of hydrogen-bond donors (Lipinski definition) is 2. The number of carboxylic acids is 1. The molecule has 2 fully saturated rings. The van der Waals surface area contributed by atoms with Crippen LogP contribution in [0.4, 0.5) is 0 Å². The van der Waals surface area contributed by atoms with Crippen LogP contribution in [0.25, 0.3) is 0 Å². The number of nitrogens with one attached hydrogen (secondary N) is 1. The molecule has 1 heterocycles. The van der Waals surface area contributed by atoms with Crippen LogP contribution in [0.5, 0.6) is 0 Å². The molecule has 1 saturated carbocycles. The van der Waals surface area contributed by atoms with Crippen molar-refractivity contribution in [2.75, 3.05) is 20.1 Å². The molecule has 3 unspecified atom stereocenters. The van der Waals surface area contributed by atoms with Gasteiger partial charge in [-0.2, -0.15) is 0 Å². The van der Waals surface area contributed by atoms with E-state index in [-0.39, 0.29) is 17.9 Å². The largest absolute Gasteiger partial charge is 0.481 e. The number of carbonyl (C=O) groups is 2. The third kappa shape index (κ3) is 3.32. The zero-order chi connectivity index (χ0) is 14.9. The number of carbonyl (C=O) groups excluding carboxylic acids is 1. The van der Waals surface area contributed by atoms with Crippen LogP contribution in [0.2, 0.25) is 0 Å². The molecule has 20 heavy (non-hydrogen) atoms. The first-order chi connectivity index (χ1) is 9.38. The monoisotopic (exact) mass is 282 g/mol. The maximum absolute atomic E-state index is 12.4. The summed E-state index contributed by atoms with van der Waals surface area (Å²) in [6.45, 7) is 6.14. The van der Waals surface area contributed by atoms with Gasteiger partial charge in [-0.3, -0.25) is 9.59 Å². The number of rotatable bonds is 3. The van der Waals surface area contributed by atoms with E-state index in [2.05, 4.69) is 24.2 Å². The van der Waals surface area contributed by atoms with Gasteiger partial charge < -0.3 is 15.3 Å². The fourth-order valence-corrected chi connectivity index (χ4v) is 3.71. The van der Waals surface area contributed by atoms with Crippen molar-refractivity contribution in [2.24, 2.45) is 23.7 Å². The summed E-state index contributed by atoms with van der Waals surface area (Å²) in [5.41, 5.74) is 0. The van der Waals surface area contributed by atoms with E-state index in [0.717, 1.165) is 19.5 Å². The van der Waals surface area contributed by atoms with Crippen molar-refractivity contribution >= 4 is 11.9 Å². The van der Waals surface area contributed by atoms with Crippen LogP contribution in [0.1, 0.15) is 33.1 Å². The molecule has 2 N–H and O–H groups in total. The van der Waals surface area contributed by atoms with E-state index in [4.69, 9.17) is 0 Å². The Bertz CT molecular complexity index is 385. The zero-order valence-corrected chi connectivity index (χ0v) is 12.6. The minimum atomic E-state index is -0.828. The Morgan fingerprint density at radius 1 is 1.20 bits per heavy atom. The number of hydrogen-bond acceptors (Lipinski definition) is 3. The van der Waals surface area contributed by atoms with Gasteiger partial charge in [0.25, 0.3) is 0 Å². The highest BCUT2D eigenvalue weighted by molar-refractivity contribution is 5.85. The number of carboxylic acid groups (broad SMARTS) is 1. The van der Waals surface area contributed by atoms with E-state index in [0.29, 0.717) is 24.7 Å². The second-order valence-electron chi connectivity index (χ2n) is 6.77. The van der Waals surface area contributed by atoms with Gasteiger partial charge in [-0.25, -0.2) is 0 Å². The molecule has 1 amide bonds. The summed E-state index contributed by atoms with van der Waals surface area (Å²) in [7, 11) is 2.09. The van der Waals surface area contributed by atoms with E-state index in [9.17, 15) is 14.7 Å². The highest BCUT2D eigenvalue weighted by atomic mass is 16.4. The molecule has 0 aromatic heterocycles. The molecule has 2 aliphatic rings. The van der Waals surface area contributed by atoms with Crippen molar-refractivity contribution in [1.82, 2.24) is 10.2 Å². The Labute approximate surface area is 120 Å². The van der Waals surface area contributed by atoms with Gasteiger partial charge in [-0.05, 0) is 44.7 Å². The number of likely N-dealkylation sites (tertiary alicyclic amines) is 1. The predicted octanol–water partition coefficient (Wildman–Crippen LogP) is 1.19. The minimum Gasteiger partial charge on any atom is -0.481 e. The summed E-state index contributed by atoms with van der Waals surface area (Å²) in [5.74, 6) is -1.00. The Morgan fingerprint density at radius 2 is 1.85 bits per heavy atom. The van der Waals surface area contributed by atoms with Crippen LogP contribution >= 0.6 is 0 Å². The van der Waals surface area contributed by atoms with Gasteiger partial charge in [-0.15, -0.1) is 0 Å². The molecule has 0 spiro atoms. The van der Waals surface area contributed by atoms with Crippen molar-refractivity contribution < 1.29 is 14.7 Å². The van der Waals surface area contributed by atoms with Crippen LogP contribution in [-0.4, -0.2) is 48.1 Å². The van der Waals surface area contributed by atoms with E-state index in [1.165, 1.54) is 0 Å².